The number of hydrogen-bond acceptors (Lipinski definition) is 6. The maximum absolute atomic E-state index is 12.2. The molecular formula is C17H10ClNO6. The number of carbonyl (C=O) groups is 1. The Kier molecular flexibility index (Phi) is 4.24. The van der Waals surface area contributed by atoms with Crippen molar-refractivity contribution in [1.82, 2.24) is 0 Å². The monoisotopic (exact) mass is 359 g/mol. The third kappa shape index (κ3) is 3.36. The van der Waals surface area contributed by atoms with Crippen molar-refractivity contribution in [2.45, 2.75) is 6.92 Å². The van der Waals surface area contributed by atoms with E-state index < -0.39 is 16.5 Å². The summed E-state index contributed by atoms with van der Waals surface area (Å²) in [5, 5.41) is 11.4. The molecule has 0 bridgehead atoms. The molecule has 0 amide bonds. The van der Waals surface area contributed by atoms with Crippen LogP contribution >= 0.6 is 11.6 Å². The van der Waals surface area contributed by atoms with E-state index in [0.717, 1.165) is 0 Å². The number of halogens is 1. The highest BCUT2D eigenvalue weighted by Crippen LogP contribution is 2.31. The van der Waals surface area contributed by atoms with Gasteiger partial charge < -0.3 is 9.15 Å². The molecular weight excluding hydrogens is 350 g/mol. The second kappa shape index (κ2) is 6.37. The van der Waals surface area contributed by atoms with Crippen LogP contribution in [0, 0.1) is 17.0 Å². The number of nitro groups is 1. The molecule has 0 radical (unpaired) electrons. The average Bonchev–Trinajstić information content (AvgIpc) is 2.56. The van der Waals surface area contributed by atoms with Crippen LogP contribution in [0.2, 0.25) is 5.02 Å². The van der Waals surface area contributed by atoms with Gasteiger partial charge in [0.1, 0.15) is 5.58 Å². The predicted octanol–water partition coefficient (Wildman–Crippen LogP) is 3.88. The Morgan fingerprint density at radius 2 is 1.88 bits per heavy atom. The van der Waals surface area contributed by atoms with Gasteiger partial charge >= 0.3 is 11.6 Å². The molecule has 0 fully saturated rings. The number of non-ortho nitro benzene ring substituents is 1. The van der Waals surface area contributed by atoms with Gasteiger partial charge in [-0.05, 0) is 30.7 Å². The van der Waals surface area contributed by atoms with E-state index in [4.69, 9.17) is 20.8 Å². The minimum absolute atomic E-state index is 0.0197. The zero-order valence-corrected chi connectivity index (χ0v) is 13.6. The van der Waals surface area contributed by atoms with Crippen molar-refractivity contribution in [3.05, 3.63) is 79.1 Å². The quantitative estimate of drug-likeness (QED) is 0.231. The van der Waals surface area contributed by atoms with Crippen LogP contribution in [0.3, 0.4) is 0 Å². The van der Waals surface area contributed by atoms with Gasteiger partial charge in [-0.1, -0.05) is 11.6 Å². The summed E-state index contributed by atoms with van der Waals surface area (Å²) in [6, 6.07) is 9.17. The van der Waals surface area contributed by atoms with Gasteiger partial charge in [0.05, 0.1) is 15.5 Å². The van der Waals surface area contributed by atoms with Crippen molar-refractivity contribution in [2.75, 3.05) is 0 Å². The van der Waals surface area contributed by atoms with E-state index in [-0.39, 0.29) is 27.6 Å². The van der Waals surface area contributed by atoms with Crippen molar-refractivity contribution in [3.8, 4) is 5.75 Å². The number of ether oxygens (including phenoxy) is 1. The molecule has 3 rings (SSSR count). The minimum Gasteiger partial charge on any atom is -0.423 e. The number of fused-ring (bicyclic) bond motifs is 1. The topological polar surface area (TPSA) is 99.7 Å². The summed E-state index contributed by atoms with van der Waals surface area (Å²) < 4.78 is 10.3. The Hall–Kier alpha value is -3.19. The highest BCUT2D eigenvalue weighted by Gasteiger charge is 2.15. The molecule has 0 aliphatic carbocycles. The van der Waals surface area contributed by atoms with Crippen LogP contribution in [0.5, 0.6) is 5.75 Å². The first-order valence-corrected chi connectivity index (χ1v) is 7.43. The van der Waals surface area contributed by atoms with E-state index in [0.29, 0.717) is 10.9 Å². The third-order valence-corrected chi connectivity index (χ3v) is 3.82. The number of esters is 1. The highest BCUT2D eigenvalue weighted by molar-refractivity contribution is 6.33. The zero-order valence-electron chi connectivity index (χ0n) is 12.8. The van der Waals surface area contributed by atoms with Crippen molar-refractivity contribution < 1.29 is 18.9 Å². The van der Waals surface area contributed by atoms with E-state index in [1.54, 1.807) is 6.92 Å². The molecule has 0 aliphatic rings. The van der Waals surface area contributed by atoms with Crippen LogP contribution in [-0.4, -0.2) is 10.9 Å². The molecule has 1 heterocycles. The Balaban J connectivity index is 1.94. The number of nitro benzene ring substituents is 1. The lowest BCUT2D eigenvalue weighted by atomic mass is 10.1. The number of benzene rings is 2. The van der Waals surface area contributed by atoms with Gasteiger partial charge in [-0.2, -0.15) is 0 Å². The standard InChI is InChI=1S/C17H10ClNO6/c1-9-6-16(20)24-14-8-15(13(18)7-12(9)14)25-17(21)10-2-4-11(5-3-10)19(22)23/h2-8H,1H3. The van der Waals surface area contributed by atoms with E-state index in [1.807, 2.05) is 0 Å². The van der Waals surface area contributed by atoms with Crippen molar-refractivity contribution in [3.63, 3.8) is 0 Å². The Bertz CT molecular complexity index is 1060. The van der Waals surface area contributed by atoms with Crippen LogP contribution < -0.4 is 10.4 Å². The molecule has 0 saturated carbocycles. The summed E-state index contributed by atoms with van der Waals surface area (Å²) in [4.78, 5) is 33.7. The minimum atomic E-state index is -0.744. The first-order valence-electron chi connectivity index (χ1n) is 7.06. The molecule has 2 aromatic carbocycles. The first-order chi connectivity index (χ1) is 11.8. The SMILES string of the molecule is Cc1cc(=O)oc2cc(OC(=O)c3ccc([N+](=O)[O-])cc3)c(Cl)cc12. The molecule has 0 aliphatic heterocycles. The van der Waals surface area contributed by atoms with Crippen LogP contribution in [0.4, 0.5) is 5.69 Å². The van der Waals surface area contributed by atoms with Crippen LogP contribution in [0.25, 0.3) is 11.0 Å². The Labute approximate surface area is 145 Å². The van der Waals surface area contributed by atoms with E-state index >= 15 is 0 Å². The molecule has 3 aromatic rings. The van der Waals surface area contributed by atoms with Crippen molar-refractivity contribution in [1.29, 1.82) is 0 Å². The third-order valence-electron chi connectivity index (χ3n) is 3.52. The fourth-order valence-electron chi connectivity index (χ4n) is 2.28. The van der Waals surface area contributed by atoms with Gasteiger partial charge in [-0.15, -0.1) is 0 Å². The summed E-state index contributed by atoms with van der Waals surface area (Å²) in [6.07, 6.45) is 0. The fraction of sp³-hybridized carbons (Fsp3) is 0.0588. The summed E-state index contributed by atoms with van der Waals surface area (Å²) in [7, 11) is 0. The number of rotatable bonds is 3. The summed E-state index contributed by atoms with van der Waals surface area (Å²) in [5.74, 6) is -0.725. The Morgan fingerprint density at radius 3 is 2.52 bits per heavy atom. The van der Waals surface area contributed by atoms with Gasteiger partial charge in [-0.3, -0.25) is 10.1 Å². The normalized spacial score (nSPS) is 10.6. The molecule has 0 atom stereocenters. The van der Waals surface area contributed by atoms with E-state index in [9.17, 15) is 19.7 Å². The van der Waals surface area contributed by atoms with Crippen LogP contribution in [-0.2, 0) is 0 Å². The van der Waals surface area contributed by atoms with Gasteiger partial charge in [0.2, 0.25) is 0 Å². The highest BCUT2D eigenvalue weighted by atomic mass is 35.5. The lowest BCUT2D eigenvalue weighted by Crippen LogP contribution is -2.09. The van der Waals surface area contributed by atoms with Gasteiger partial charge in [0, 0.05) is 29.7 Å². The smallest absolute Gasteiger partial charge is 0.343 e. The molecule has 0 saturated heterocycles. The fourth-order valence-corrected chi connectivity index (χ4v) is 2.48. The number of carbonyl (C=O) groups excluding carboxylic acids is 1. The average molecular weight is 360 g/mol. The second-order valence-corrected chi connectivity index (χ2v) is 5.63. The molecule has 7 nitrogen and oxygen atoms in total. The maximum atomic E-state index is 12.2. The number of nitrogens with zero attached hydrogens (tertiary/aromatic N) is 1. The summed E-state index contributed by atoms with van der Waals surface area (Å²) in [6.45, 7) is 1.73. The van der Waals surface area contributed by atoms with E-state index in [1.165, 1.54) is 42.5 Å². The summed E-state index contributed by atoms with van der Waals surface area (Å²) in [5.41, 5.74) is 0.368. The molecule has 0 N–H and O–H groups in total. The van der Waals surface area contributed by atoms with Gasteiger partial charge in [-0.25, -0.2) is 9.59 Å². The zero-order chi connectivity index (χ0) is 18.1. The molecule has 1 aromatic heterocycles. The van der Waals surface area contributed by atoms with Crippen LogP contribution in [0.1, 0.15) is 15.9 Å². The van der Waals surface area contributed by atoms with Crippen molar-refractivity contribution in [2.24, 2.45) is 0 Å². The molecule has 0 unspecified atom stereocenters. The van der Waals surface area contributed by atoms with Gasteiger partial charge in [0.15, 0.2) is 5.75 Å². The van der Waals surface area contributed by atoms with Crippen LogP contribution in [0.15, 0.2) is 51.7 Å². The van der Waals surface area contributed by atoms with Gasteiger partial charge in [0.25, 0.3) is 5.69 Å². The maximum Gasteiger partial charge on any atom is 0.343 e. The lowest BCUT2D eigenvalue weighted by molar-refractivity contribution is -0.384. The first kappa shape index (κ1) is 16.7. The second-order valence-electron chi connectivity index (χ2n) is 5.22. The Morgan fingerprint density at radius 1 is 1.20 bits per heavy atom. The molecule has 0 spiro atoms. The number of hydrogen-bond donors (Lipinski definition) is 0. The molecule has 25 heavy (non-hydrogen) atoms. The summed E-state index contributed by atoms with van der Waals surface area (Å²) >= 11 is 6.13. The van der Waals surface area contributed by atoms with E-state index in [2.05, 4.69) is 0 Å². The van der Waals surface area contributed by atoms with Crippen molar-refractivity contribution >= 4 is 34.2 Å². The lowest BCUT2D eigenvalue weighted by Gasteiger charge is -2.08. The molecule has 126 valence electrons. The molecule has 8 heteroatoms. The number of aryl methyl sites for hydroxylation is 1. The predicted molar refractivity (Wildman–Crippen MR) is 90.3 cm³/mol. The largest absolute Gasteiger partial charge is 0.423 e.